The third-order valence-corrected chi connectivity index (χ3v) is 12.6. The second-order valence-electron chi connectivity index (χ2n) is 15.5. The third kappa shape index (κ3) is 14.8. The van der Waals surface area contributed by atoms with Gasteiger partial charge in [0, 0.05) is 37.6 Å². The number of carboxylic acids is 3. The highest BCUT2D eigenvalue weighted by molar-refractivity contribution is 8.15. The molecule has 1 aliphatic rings. The Kier molecular flexibility index (Phi) is 18.1. The highest BCUT2D eigenvalue weighted by Gasteiger charge is 2.33. The lowest BCUT2D eigenvalue weighted by atomic mass is 9.97. The molecule has 21 heteroatoms. The van der Waals surface area contributed by atoms with Crippen molar-refractivity contribution in [2.45, 2.75) is 96.1 Å². The summed E-state index contributed by atoms with van der Waals surface area (Å²) in [6.07, 6.45) is -1.29. The van der Waals surface area contributed by atoms with Gasteiger partial charge in [0.05, 0.1) is 10.2 Å². The largest absolute Gasteiger partial charge is 0.489 e. The zero-order valence-corrected chi connectivity index (χ0v) is 37.9. The summed E-state index contributed by atoms with van der Waals surface area (Å²) in [6.45, 7) is 4.93. The maximum absolute atomic E-state index is 14.0. The molecule has 0 bridgehead atoms. The van der Waals surface area contributed by atoms with Crippen molar-refractivity contribution in [3.05, 3.63) is 88.9 Å². The van der Waals surface area contributed by atoms with Crippen molar-refractivity contribution in [2.24, 2.45) is 10.9 Å². The molecular formula is C45H51N7O12S2. The number of nitrogens with zero attached hydrogens (tertiary/aromatic N) is 2. The number of hydrogen-bond donors (Lipinski definition) is 8. The van der Waals surface area contributed by atoms with Gasteiger partial charge in [0.1, 0.15) is 46.6 Å². The van der Waals surface area contributed by atoms with Crippen molar-refractivity contribution in [3.8, 4) is 5.75 Å². The van der Waals surface area contributed by atoms with Crippen molar-refractivity contribution in [1.82, 2.24) is 26.3 Å². The molecule has 350 valence electrons. The highest BCUT2D eigenvalue weighted by atomic mass is 32.2. The van der Waals surface area contributed by atoms with Crippen molar-refractivity contribution in [1.29, 1.82) is 0 Å². The first-order valence-electron chi connectivity index (χ1n) is 21.0. The molecule has 0 radical (unpaired) electrons. The first-order chi connectivity index (χ1) is 31.5. The van der Waals surface area contributed by atoms with E-state index in [0.29, 0.717) is 39.2 Å². The van der Waals surface area contributed by atoms with Gasteiger partial charge in [-0.15, -0.1) is 23.1 Å². The summed E-state index contributed by atoms with van der Waals surface area (Å²) < 4.78 is 6.85. The number of carbonyl (C=O) groups is 8. The van der Waals surface area contributed by atoms with Gasteiger partial charge in [-0.2, -0.15) is 0 Å². The van der Waals surface area contributed by atoms with Gasteiger partial charge in [-0.05, 0) is 60.2 Å². The van der Waals surface area contributed by atoms with E-state index in [1.807, 2.05) is 13.0 Å². The zero-order valence-electron chi connectivity index (χ0n) is 36.3. The number of aliphatic imine (C=N–C) groups is 1. The first kappa shape index (κ1) is 50.1. The van der Waals surface area contributed by atoms with Crippen LogP contribution in [0.5, 0.6) is 5.75 Å². The molecule has 1 aliphatic heterocycles. The van der Waals surface area contributed by atoms with Gasteiger partial charge in [-0.25, -0.2) is 9.78 Å². The monoisotopic (exact) mass is 945 g/mol. The van der Waals surface area contributed by atoms with Gasteiger partial charge >= 0.3 is 17.9 Å². The summed E-state index contributed by atoms with van der Waals surface area (Å²) in [5.41, 5.74) is 2.40. The predicted octanol–water partition coefficient (Wildman–Crippen LogP) is 3.74. The molecule has 8 N–H and O–H groups in total. The number of thioether (sulfide) groups is 1. The topological polar surface area (TPSA) is 292 Å². The summed E-state index contributed by atoms with van der Waals surface area (Å²) in [7, 11) is 0. The smallest absolute Gasteiger partial charge is 0.329 e. The molecule has 5 rings (SSSR count). The number of amides is 5. The molecule has 0 fully saturated rings. The highest BCUT2D eigenvalue weighted by Crippen LogP contribution is 2.32. The number of aromatic nitrogens is 1. The van der Waals surface area contributed by atoms with Gasteiger partial charge in [0.25, 0.3) is 0 Å². The summed E-state index contributed by atoms with van der Waals surface area (Å²) in [5, 5.41) is 42.4. The molecule has 5 amide bonds. The standard InChI is InChI=1S/C45H51N7O12S2/c1-4-24(2)38(46-25(3)53)42(61)49-32(17-19-37(56)57)40(59)50-33(20-26-8-6-5-7-9-26)41(60)48-31(16-18-36(54)55)39(58)47-28-12-10-27(11-13-28)22-64-29-14-15-30-35(21-29)66-44(51-30)43-52-34(23-65-43)45(62)63/h5-15,21,24,31-34,38H,4,16-20,22-23H2,1-3H3,(H,46,53)(H,47,58)(H,48,60)(H,49,61)(H,50,59)(H,54,55)(H,56,57)(H,62,63)/t24-,31+,32+,33+,34-,38-/m1/s1. The number of fused-ring (bicyclic) bond motifs is 1. The molecule has 0 saturated carbocycles. The maximum Gasteiger partial charge on any atom is 0.329 e. The van der Waals surface area contributed by atoms with Crippen molar-refractivity contribution in [2.75, 3.05) is 11.1 Å². The molecule has 0 aliphatic carbocycles. The Bertz CT molecular complexity index is 2450. The molecule has 66 heavy (non-hydrogen) atoms. The molecule has 0 unspecified atom stereocenters. The van der Waals surface area contributed by atoms with E-state index >= 15 is 0 Å². The minimum atomic E-state index is -1.44. The van der Waals surface area contributed by atoms with Crippen LogP contribution in [0.4, 0.5) is 5.69 Å². The van der Waals surface area contributed by atoms with Crippen molar-refractivity contribution in [3.63, 3.8) is 0 Å². The van der Waals surface area contributed by atoms with Crippen LogP contribution in [0, 0.1) is 5.92 Å². The molecule has 6 atom stereocenters. The van der Waals surface area contributed by atoms with E-state index in [2.05, 4.69) is 36.6 Å². The third-order valence-electron chi connectivity index (χ3n) is 10.4. The lowest BCUT2D eigenvalue weighted by molar-refractivity contribution is -0.139. The number of hydrogen-bond acceptors (Lipinski definition) is 13. The summed E-state index contributed by atoms with van der Waals surface area (Å²) in [6, 6.07) is 14.6. The van der Waals surface area contributed by atoms with Crippen LogP contribution >= 0.6 is 23.1 Å². The number of anilines is 1. The number of rotatable bonds is 24. The Balaban J connectivity index is 1.26. The fourth-order valence-corrected chi connectivity index (χ4v) is 8.73. The summed E-state index contributed by atoms with van der Waals surface area (Å²) in [4.78, 5) is 110. The van der Waals surface area contributed by atoms with Gasteiger partial charge < -0.3 is 46.6 Å². The molecule has 3 aromatic carbocycles. The minimum absolute atomic E-state index is 0.0980. The average Bonchev–Trinajstić information content (AvgIpc) is 3.96. The Morgan fingerprint density at radius 3 is 1.98 bits per heavy atom. The zero-order chi connectivity index (χ0) is 47.9. The van der Waals surface area contributed by atoms with Crippen LogP contribution in [0.2, 0.25) is 0 Å². The van der Waals surface area contributed by atoms with Crippen LogP contribution in [-0.2, 0) is 51.4 Å². The fraction of sp³-hybridized carbons (Fsp3) is 0.378. The quantitative estimate of drug-likeness (QED) is 0.0497. The number of ether oxygens (including phenoxy) is 1. The van der Waals surface area contributed by atoms with Gasteiger partial charge in [-0.3, -0.25) is 38.6 Å². The van der Waals surface area contributed by atoms with Crippen LogP contribution in [0.25, 0.3) is 10.2 Å². The molecule has 19 nitrogen and oxygen atoms in total. The van der Waals surface area contributed by atoms with Crippen molar-refractivity contribution < 1.29 is 58.4 Å². The number of thiazole rings is 1. The number of aliphatic carboxylic acids is 3. The predicted molar refractivity (Wildman–Crippen MR) is 246 cm³/mol. The van der Waals surface area contributed by atoms with Crippen LogP contribution in [0.3, 0.4) is 0 Å². The lowest BCUT2D eigenvalue weighted by Crippen LogP contribution is -2.59. The van der Waals surface area contributed by atoms with E-state index in [1.165, 1.54) is 30.0 Å². The van der Waals surface area contributed by atoms with Crippen LogP contribution in [0.1, 0.15) is 69.0 Å². The Morgan fingerprint density at radius 2 is 1.38 bits per heavy atom. The lowest BCUT2D eigenvalue weighted by Gasteiger charge is -2.28. The normalized spacial score (nSPS) is 15.5. The SMILES string of the molecule is CC[C@@H](C)[C@@H](NC(C)=O)C(=O)N[C@@H](CCC(=O)O)C(=O)N[C@@H](Cc1ccccc1)C(=O)N[C@@H](CCC(=O)O)C(=O)Nc1ccc(COc2ccc3nc(C4=N[C@@H](C(=O)O)CS4)sc3c2)cc1. The minimum Gasteiger partial charge on any atom is -0.489 e. The van der Waals surface area contributed by atoms with E-state index in [0.717, 1.165) is 15.8 Å². The number of carboxylic acid groups (broad SMARTS) is 3. The fourth-order valence-electron chi connectivity index (χ4n) is 6.64. The molecule has 1 aromatic heterocycles. The summed E-state index contributed by atoms with van der Waals surface area (Å²) in [5.74, 6) is -6.58. The Morgan fingerprint density at radius 1 is 0.758 bits per heavy atom. The molecule has 4 aromatic rings. The maximum atomic E-state index is 14.0. The molecule has 2 heterocycles. The first-order valence-corrected chi connectivity index (χ1v) is 22.8. The molecule has 0 spiro atoms. The van der Waals surface area contributed by atoms with E-state index in [1.54, 1.807) is 73.7 Å². The number of nitrogens with one attached hydrogen (secondary N) is 5. The molecule has 0 saturated heterocycles. The van der Waals surface area contributed by atoms with Crippen LogP contribution in [0.15, 0.2) is 77.8 Å². The van der Waals surface area contributed by atoms with Crippen molar-refractivity contribution >= 4 is 91.5 Å². The van der Waals surface area contributed by atoms with Gasteiger partial charge in [-0.1, -0.05) is 62.7 Å². The van der Waals surface area contributed by atoms with Crippen LogP contribution < -0.4 is 31.3 Å². The second-order valence-corrected chi connectivity index (χ2v) is 17.6. The number of carbonyl (C=O) groups excluding carboxylic acids is 5. The van der Waals surface area contributed by atoms with E-state index in [9.17, 15) is 53.7 Å². The van der Waals surface area contributed by atoms with E-state index in [-0.39, 0.29) is 31.8 Å². The van der Waals surface area contributed by atoms with Gasteiger partial charge in [0.15, 0.2) is 6.04 Å². The number of benzene rings is 3. The Labute approximate surface area is 387 Å². The van der Waals surface area contributed by atoms with E-state index < -0.39 is 90.5 Å². The molecular weight excluding hydrogens is 895 g/mol. The van der Waals surface area contributed by atoms with Crippen LogP contribution in [-0.4, -0.2) is 109 Å². The summed E-state index contributed by atoms with van der Waals surface area (Å²) >= 11 is 2.73. The van der Waals surface area contributed by atoms with Gasteiger partial charge in [0.2, 0.25) is 29.5 Å². The Hall–Kier alpha value is -6.87. The second kappa shape index (κ2) is 23.9. The average molecular weight is 946 g/mol. The van der Waals surface area contributed by atoms with E-state index in [4.69, 9.17) is 4.74 Å².